The largest absolute Gasteiger partial charge is 0.457 e. The maximum atomic E-state index is 12.6. The van der Waals surface area contributed by atoms with Gasteiger partial charge in [-0.15, -0.1) is 0 Å². The highest BCUT2D eigenvalue weighted by Gasteiger charge is 2.31. The maximum Gasteiger partial charge on any atom is 0.416 e. The van der Waals surface area contributed by atoms with E-state index >= 15 is 0 Å². The predicted molar refractivity (Wildman–Crippen MR) is 67.1 cm³/mol. The zero-order valence-corrected chi connectivity index (χ0v) is 10.1. The van der Waals surface area contributed by atoms with E-state index in [1.807, 2.05) is 6.07 Å². The van der Waals surface area contributed by atoms with E-state index in [-0.39, 0.29) is 11.4 Å². The number of rotatable bonds is 2. The summed E-state index contributed by atoms with van der Waals surface area (Å²) in [6.45, 7) is 0. The number of ether oxygens (including phenoxy) is 1. The summed E-state index contributed by atoms with van der Waals surface area (Å²) in [5.41, 5.74) is 4.95. The van der Waals surface area contributed by atoms with Gasteiger partial charge in [0.1, 0.15) is 11.5 Å². The summed E-state index contributed by atoms with van der Waals surface area (Å²) in [5, 5.41) is 8.65. The van der Waals surface area contributed by atoms with E-state index in [0.29, 0.717) is 11.3 Å². The summed E-state index contributed by atoms with van der Waals surface area (Å²) in [7, 11) is 0. The Morgan fingerprint density at radius 2 is 1.65 bits per heavy atom. The van der Waals surface area contributed by atoms with Crippen LogP contribution in [0.5, 0.6) is 11.5 Å². The third-order valence-electron chi connectivity index (χ3n) is 2.48. The molecule has 0 aromatic heterocycles. The molecule has 2 aromatic carbocycles. The molecule has 102 valence electrons. The molecular formula is C14H9F3N2O. The quantitative estimate of drug-likeness (QED) is 0.846. The molecule has 0 atom stereocenters. The third kappa shape index (κ3) is 3.20. The van der Waals surface area contributed by atoms with Crippen molar-refractivity contribution in [3.05, 3.63) is 53.6 Å². The summed E-state index contributed by atoms with van der Waals surface area (Å²) in [4.78, 5) is 0. The van der Waals surface area contributed by atoms with Gasteiger partial charge >= 0.3 is 6.18 Å². The fourth-order valence-electron chi connectivity index (χ4n) is 1.58. The molecule has 0 unspecified atom stereocenters. The van der Waals surface area contributed by atoms with Crippen molar-refractivity contribution in [1.82, 2.24) is 0 Å². The lowest BCUT2D eigenvalue weighted by molar-refractivity contribution is -0.137. The SMILES string of the molecule is N#Cc1ccc(Oc2cc(N)cc(C(F)(F)F)c2)cc1. The van der Waals surface area contributed by atoms with Gasteiger partial charge in [-0.1, -0.05) is 0 Å². The van der Waals surface area contributed by atoms with E-state index in [1.54, 1.807) is 0 Å². The van der Waals surface area contributed by atoms with E-state index in [1.165, 1.54) is 30.3 Å². The maximum absolute atomic E-state index is 12.6. The summed E-state index contributed by atoms with van der Waals surface area (Å²) in [6, 6.07) is 10.9. The van der Waals surface area contributed by atoms with Gasteiger partial charge in [0.2, 0.25) is 0 Å². The summed E-state index contributed by atoms with van der Waals surface area (Å²) in [5.74, 6) is 0.310. The monoisotopic (exact) mass is 278 g/mol. The Kier molecular flexibility index (Phi) is 3.53. The first kappa shape index (κ1) is 13.7. The molecule has 0 fully saturated rings. The van der Waals surface area contributed by atoms with Crippen molar-refractivity contribution in [2.75, 3.05) is 5.73 Å². The standard InChI is InChI=1S/C14H9F3N2O/c15-14(16,17)10-5-11(19)7-13(6-10)20-12-3-1-9(8-18)2-4-12/h1-7H,19H2. The van der Waals surface area contributed by atoms with Crippen LogP contribution in [0.25, 0.3) is 0 Å². The van der Waals surface area contributed by atoms with Crippen LogP contribution in [0.4, 0.5) is 18.9 Å². The molecule has 0 aliphatic heterocycles. The number of nitriles is 1. The smallest absolute Gasteiger partial charge is 0.416 e. The Morgan fingerprint density at radius 3 is 2.20 bits per heavy atom. The second-order valence-corrected chi connectivity index (χ2v) is 4.03. The van der Waals surface area contributed by atoms with Crippen LogP contribution < -0.4 is 10.5 Å². The van der Waals surface area contributed by atoms with Crippen molar-refractivity contribution in [2.24, 2.45) is 0 Å². The Bertz CT molecular complexity index is 658. The lowest BCUT2D eigenvalue weighted by Gasteiger charge is -2.11. The first-order chi connectivity index (χ1) is 9.38. The van der Waals surface area contributed by atoms with Gasteiger partial charge in [-0.25, -0.2) is 0 Å². The Morgan fingerprint density at radius 1 is 1.00 bits per heavy atom. The van der Waals surface area contributed by atoms with Crippen molar-refractivity contribution >= 4 is 5.69 Å². The van der Waals surface area contributed by atoms with Crippen LogP contribution in [0, 0.1) is 11.3 Å². The minimum absolute atomic E-state index is 0.0120. The molecule has 0 aliphatic carbocycles. The van der Waals surface area contributed by atoms with Gasteiger partial charge in [0.05, 0.1) is 17.2 Å². The van der Waals surface area contributed by atoms with Crippen molar-refractivity contribution < 1.29 is 17.9 Å². The topological polar surface area (TPSA) is 59.0 Å². The molecule has 0 bridgehead atoms. The van der Waals surface area contributed by atoms with Crippen LogP contribution in [-0.2, 0) is 6.18 Å². The molecule has 6 heteroatoms. The molecule has 2 rings (SSSR count). The number of hydrogen-bond donors (Lipinski definition) is 1. The number of nitrogen functional groups attached to an aromatic ring is 1. The second kappa shape index (κ2) is 5.13. The highest BCUT2D eigenvalue weighted by Crippen LogP contribution is 2.34. The van der Waals surface area contributed by atoms with Crippen LogP contribution in [-0.4, -0.2) is 0 Å². The molecular weight excluding hydrogens is 269 g/mol. The molecule has 2 aromatic rings. The average Bonchev–Trinajstić information content (AvgIpc) is 2.38. The van der Waals surface area contributed by atoms with Gasteiger partial charge in [-0.2, -0.15) is 18.4 Å². The minimum atomic E-state index is -4.49. The lowest BCUT2D eigenvalue weighted by atomic mass is 10.2. The second-order valence-electron chi connectivity index (χ2n) is 4.03. The summed E-state index contributed by atoms with van der Waals surface area (Å²) in [6.07, 6.45) is -4.49. The molecule has 0 spiro atoms. The first-order valence-corrected chi connectivity index (χ1v) is 5.54. The number of nitrogens with zero attached hydrogens (tertiary/aromatic N) is 1. The van der Waals surface area contributed by atoms with E-state index in [2.05, 4.69) is 0 Å². The predicted octanol–water partition coefficient (Wildman–Crippen LogP) is 3.95. The number of anilines is 1. The van der Waals surface area contributed by atoms with Gasteiger partial charge < -0.3 is 10.5 Å². The Balaban J connectivity index is 2.29. The van der Waals surface area contributed by atoms with Crippen molar-refractivity contribution in [1.29, 1.82) is 5.26 Å². The Labute approximate surface area is 113 Å². The first-order valence-electron chi connectivity index (χ1n) is 5.54. The van der Waals surface area contributed by atoms with E-state index < -0.39 is 11.7 Å². The molecule has 0 saturated carbocycles. The number of hydrogen-bond acceptors (Lipinski definition) is 3. The molecule has 2 N–H and O–H groups in total. The summed E-state index contributed by atoms with van der Waals surface area (Å²) < 4.78 is 43.2. The fourth-order valence-corrected chi connectivity index (χ4v) is 1.58. The van der Waals surface area contributed by atoms with E-state index in [4.69, 9.17) is 15.7 Å². The molecule has 3 nitrogen and oxygen atoms in total. The highest BCUT2D eigenvalue weighted by molar-refractivity contribution is 5.49. The van der Waals surface area contributed by atoms with Crippen molar-refractivity contribution in [3.8, 4) is 17.6 Å². The summed E-state index contributed by atoms with van der Waals surface area (Å²) >= 11 is 0. The highest BCUT2D eigenvalue weighted by atomic mass is 19.4. The molecule has 20 heavy (non-hydrogen) atoms. The Hall–Kier alpha value is -2.68. The van der Waals surface area contributed by atoms with Crippen molar-refractivity contribution in [2.45, 2.75) is 6.18 Å². The molecule has 0 heterocycles. The van der Waals surface area contributed by atoms with Crippen LogP contribution in [0.1, 0.15) is 11.1 Å². The minimum Gasteiger partial charge on any atom is -0.457 e. The zero-order chi connectivity index (χ0) is 14.8. The van der Waals surface area contributed by atoms with Gasteiger partial charge in [-0.3, -0.25) is 0 Å². The van der Waals surface area contributed by atoms with Crippen LogP contribution in [0.15, 0.2) is 42.5 Å². The van der Waals surface area contributed by atoms with Gasteiger partial charge in [0.15, 0.2) is 0 Å². The normalized spacial score (nSPS) is 10.9. The molecule has 0 aliphatic rings. The number of alkyl halides is 3. The zero-order valence-electron chi connectivity index (χ0n) is 10.1. The van der Waals surface area contributed by atoms with Crippen LogP contribution in [0.2, 0.25) is 0 Å². The van der Waals surface area contributed by atoms with Gasteiger partial charge in [0, 0.05) is 11.8 Å². The van der Waals surface area contributed by atoms with E-state index in [0.717, 1.165) is 12.1 Å². The number of halogens is 3. The van der Waals surface area contributed by atoms with Gasteiger partial charge in [0.25, 0.3) is 0 Å². The molecule has 0 radical (unpaired) electrons. The number of benzene rings is 2. The number of nitrogens with two attached hydrogens (primary N) is 1. The van der Waals surface area contributed by atoms with Crippen LogP contribution in [0.3, 0.4) is 0 Å². The third-order valence-corrected chi connectivity index (χ3v) is 2.48. The van der Waals surface area contributed by atoms with E-state index in [9.17, 15) is 13.2 Å². The molecule has 0 amide bonds. The molecule has 0 saturated heterocycles. The van der Waals surface area contributed by atoms with Gasteiger partial charge in [-0.05, 0) is 36.4 Å². The lowest BCUT2D eigenvalue weighted by Crippen LogP contribution is -2.06. The fraction of sp³-hybridized carbons (Fsp3) is 0.0714. The van der Waals surface area contributed by atoms with Crippen LogP contribution >= 0.6 is 0 Å². The van der Waals surface area contributed by atoms with Crippen molar-refractivity contribution in [3.63, 3.8) is 0 Å². The average molecular weight is 278 g/mol.